The summed E-state index contributed by atoms with van der Waals surface area (Å²) in [4.78, 5) is 5.21. The standard InChI is InChI=1S/C12H12ClF5N2/c13-10-8(12(16,17)18)2-3-9(19-10)20-6-1-4-11(14,15)5-7-20/h2-3H,1,4-7H2. The molecule has 0 bridgehead atoms. The zero-order chi connectivity index (χ0) is 15.0. The van der Waals surface area contributed by atoms with Crippen LogP contribution >= 0.6 is 11.6 Å². The summed E-state index contributed by atoms with van der Waals surface area (Å²) in [5, 5.41) is -0.661. The molecule has 0 unspecified atom stereocenters. The van der Waals surface area contributed by atoms with Gasteiger partial charge in [-0.2, -0.15) is 13.2 Å². The average Bonchev–Trinajstić information content (AvgIpc) is 2.48. The van der Waals surface area contributed by atoms with Crippen molar-refractivity contribution in [2.24, 2.45) is 0 Å². The van der Waals surface area contributed by atoms with Crippen molar-refractivity contribution >= 4 is 17.4 Å². The van der Waals surface area contributed by atoms with Crippen LogP contribution in [0.5, 0.6) is 0 Å². The number of alkyl halides is 5. The van der Waals surface area contributed by atoms with E-state index in [0.29, 0.717) is 6.54 Å². The third kappa shape index (κ3) is 3.50. The Bertz CT molecular complexity index is 489. The van der Waals surface area contributed by atoms with Gasteiger partial charge in [-0.3, -0.25) is 0 Å². The summed E-state index contributed by atoms with van der Waals surface area (Å²) in [5.74, 6) is -2.54. The lowest BCUT2D eigenvalue weighted by molar-refractivity contribution is -0.137. The first-order valence-electron chi connectivity index (χ1n) is 6.05. The number of hydrogen-bond donors (Lipinski definition) is 0. The molecule has 1 aliphatic heterocycles. The molecule has 2 rings (SSSR count). The van der Waals surface area contributed by atoms with Gasteiger partial charge in [0.1, 0.15) is 11.0 Å². The second-order valence-corrected chi connectivity index (χ2v) is 5.06. The van der Waals surface area contributed by atoms with Crippen molar-refractivity contribution in [3.63, 3.8) is 0 Å². The third-order valence-corrected chi connectivity index (χ3v) is 3.47. The summed E-state index contributed by atoms with van der Waals surface area (Å²) in [6.45, 7) is 0.367. The van der Waals surface area contributed by atoms with Gasteiger partial charge in [-0.15, -0.1) is 0 Å². The molecule has 0 atom stereocenters. The fourth-order valence-electron chi connectivity index (χ4n) is 2.11. The SMILES string of the molecule is FC1(F)CCCN(c2ccc(C(F)(F)F)c(Cl)n2)CC1. The van der Waals surface area contributed by atoms with E-state index in [2.05, 4.69) is 4.98 Å². The van der Waals surface area contributed by atoms with Crippen LogP contribution in [0.25, 0.3) is 0 Å². The first kappa shape index (κ1) is 15.3. The fraction of sp³-hybridized carbons (Fsp3) is 0.583. The fourth-order valence-corrected chi connectivity index (χ4v) is 2.36. The van der Waals surface area contributed by atoms with Crippen LogP contribution in [-0.4, -0.2) is 24.0 Å². The van der Waals surface area contributed by atoms with Crippen LogP contribution in [0.15, 0.2) is 12.1 Å². The second kappa shape index (κ2) is 5.35. The number of halogens is 6. The van der Waals surface area contributed by atoms with Crippen molar-refractivity contribution in [1.82, 2.24) is 4.98 Å². The Labute approximate surface area is 117 Å². The summed E-state index contributed by atoms with van der Waals surface area (Å²) in [6.07, 6.45) is -4.88. The minimum absolute atomic E-state index is 0.0433. The molecular formula is C12H12ClF5N2. The Kier molecular flexibility index (Phi) is 4.09. The van der Waals surface area contributed by atoms with Crippen LogP contribution < -0.4 is 4.90 Å². The summed E-state index contributed by atoms with van der Waals surface area (Å²) in [5.41, 5.74) is -1.02. The van der Waals surface area contributed by atoms with E-state index in [9.17, 15) is 22.0 Å². The van der Waals surface area contributed by atoms with Crippen molar-refractivity contribution in [3.05, 3.63) is 22.8 Å². The highest BCUT2D eigenvalue weighted by Crippen LogP contribution is 2.35. The van der Waals surface area contributed by atoms with E-state index >= 15 is 0 Å². The van der Waals surface area contributed by atoms with Crippen LogP contribution in [0.2, 0.25) is 5.15 Å². The summed E-state index contributed by atoms with van der Waals surface area (Å²) >= 11 is 5.52. The number of nitrogens with zero attached hydrogens (tertiary/aromatic N) is 2. The lowest BCUT2D eigenvalue weighted by Gasteiger charge is -2.22. The topological polar surface area (TPSA) is 16.1 Å². The van der Waals surface area contributed by atoms with E-state index in [-0.39, 0.29) is 31.6 Å². The molecule has 1 saturated heterocycles. The minimum Gasteiger partial charge on any atom is -0.356 e. The molecule has 2 nitrogen and oxygen atoms in total. The Morgan fingerprint density at radius 2 is 1.85 bits per heavy atom. The Morgan fingerprint density at radius 1 is 1.15 bits per heavy atom. The number of rotatable bonds is 1. The largest absolute Gasteiger partial charge is 0.419 e. The monoisotopic (exact) mass is 314 g/mol. The molecule has 0 amide bonds. The van der Waals surface area contributed by atoms with E-state index in [1.165, 1.54) is 4.90 Å². The molecule has 112 valence electrons. The highest BCUT2D eigenvalue weighted by molar-refractivity contribution is 6.30. The van der Waals surface area contributed by atoms with Gasteiger partial charge in [-0.1, -0.05) is 11.6 Å². The van der Waals surface area contributed by atoms with Gasteiger partial charge >= 0.3 is 6.18 Å². The molecule has 20 heavy (non-hydrogen) atoms. The molecule has 0 saturated carbocycles. The quantitative estimate of drug-likeness (QED) is 0.565. The molecule has 0 aromatic carbocycles. The third-order valence-electron chi connectivity index (χ3n) is 3.18. The summed E-state index contributed by atoms with van der Waals surface area (Å²) < 4.78 is 64.1. The van der Waals surface area contributed by atoms with Crippen molar-refractivity contribution in [3.8, 4) is 0 Å². The predicted octanol–water partition coefficient (Wildman–Crippen LogP) is 4.38. The van der Waals surface area contributed by atoms with Gasteiger partial charge in [-0.05, 0) is 18.6 Å². The maximum absolute atomic E-state index is 13.2. The molecule has 1 aromatic heterocycles. The number of aromatic nitrogens is 1. The summed E-state index contributed by atoms with van der Waals surface area (Å²) in [6, 6.07) is 1.99. The van der Waals surface area contributed by atoms with Gasteiger partial charge in [0, 0.05) is 25.9 Å². The molecular weight excluding hydrogens is 303 g/mol. The Balaban J connectivity index is 2.20. The molecule has 0 N–H and O–H groups in total. The van der Waals surface area contributed by atoms with Crippen LogP contribution in [0, 0.1) is 0 Å². The van der Waals surface area contributed by atoms with Gasteiger partial charge in [0.15, 0.2) is 0 Å². The van der Waals surface area contributed by atoms with Crippen LogP contribution in [0.3, 0.4) is 0 Å². The predicted molar refractivity (Wildman–Crippen MR) is 65.3 cm³/mol. The van der Waals surface area contributed by atoms with Crippen LogP contribution in [0.1, 0.15) is 24.8 Å². The molecule has 0 spiro atoms. The number of hydrogen-bond acceptors (Lipinski definition) is 2. The first-order chi connectivity index (χ1) is 9.19. The lowest BCUT2D eigenvalue weighted by atomic mass is 10.1. The van der Waals surface area contributed by atoms with Gasteiger partial charge in [0.25, 0.3) is 0 Å². The molecule has 0 aliphatic carbocycles. The van der Waals surface area contributed by atoms with E-state index in [1.807, 2.05) is 0 Å². The van der Waals surface area contributed by atoms with Crippen molar-refractivity contribution in [1.29, 1.82) is 0 Å². The zero-order valence-electron chi connectivity index (χ0n) is 10.4. The molecule has 0 radical (unpaired) electrons. The highest BCUT2D eigenvalue weighted by Gasteiger charge is 2.35. The Morgan fingerprint density at radius 3 is 2.45 bits per heavy atom. The van der Waals surface area contributed by atoms with Gasteiger partial charge in [-0.25, -0.2) is 13.8 Å². The van der Waals surface area contributed by atoms with E-state index in [4.69, 9.17) is 11.6 Å². The van der Waals surface area contributed by atoms with Gasteiger partial charge in [0.05, 0.1) is 5.56 Å². The molecule has 1 aromatic rings. The van der Waals surface area contributed by atoms with Crippen LogP contribution in [0.4, 0.5) is 27.8 Å². The number of pyridine rings is 1. The minimum atomic E-state index is -4.57. The van der Waals surface area contributed by atoms with Crippen molar-refractivity contribution in [2.75, 3.05) is 18.0 Å². The molecule has 8 heteroatoms. The van der Waals surface area contributed by atoms with Gasteiger partial charge < -0.3 is 4.90 Å². The lowest BCUT2D eigenvalue weighted by Crippen LogP contribution is -2.26. The smallest absolute Gasteiger partial charge is 0.356 e. The van der Waals surface area contributed by atoms with E-state index in [1.54, 1.807) is 0 Å². The second-order valence-electron chi connectivity index (χ2n) is 4.70. The Hall–Kier alpha value is -1.11. The maximum Gasteiger partial charge on any atom is 0.419 e. The van der Waals surface area contributed by atoms with E-state index in [0.717, 1.165) is 12.1 Å². The first-order valence-corrected chi connectivity index (χ1v) is 6.43. The van der Waals surface area contributed by atoms with Crippen molar-refractivity contribution in [2.45, 2.75) is 31.4 Å². The number of anilines is 1. The average molecular weight is 315 g/mol. The molecule has 1 fully saturated rings. The molecule has 1 aliphatic rings. The normalized spacial score (nSPS) is 19.8. The zero-order valence-corrected chi connectivity index (χ0v) is 11.1. The molecule has 2 heterocycles. The highest BCUT2D eigenvalue weighted by atomic mass is 35.5. The van der Waals surface area contributed by atoms with Crippen molar-refractivity contribution < 1.29 is 22.0 Å². The summed E-state index contributed by atoms with van der Waals surface area (Å²) in [7, 11) is 0. The van der Waals surface area contributed by atoms with Gasteiger partial charge in [0.2, 0.25) is 5.92 Å². The maximum atomic E-state index is 13.2. The van der Waals surface area contributed by atoms with Crippen LogP contribution in [-0.2, 0) is 6.18 Å². The van der Waals surface area contributed by atoms with E-state index < -0.39 is 22.8 Å².